The van der Waals surface area contributed by atoms with Crippen molar-refractivity contribution in [2.45, 2.75) is 5.92 Å². The monoisotopic (exact) mass is 349 g/mol. The van der Waals surface area contributed by atoms with Crippen LogP contribution in [0.4, 0.5) is 0 Å². The molecule has 132 valence electrons. The van der Waals surface area contributed by atoms with Crippen LogP contribution in [-0.4, -0.2) is 37.6 Å². The third-order valence-electron chi connectivity index (χ3n) is 4.01. The van der Waals surface area contributed by atoms with Crippen LogP contribution in [0.15, 0.2) is 58.9 Å². The Morgan fingerprint density at radius 3 is 2.58 bits per heavy atom. The number of rotatable bonds is 4. The molecule has 0 saturated carbocycles. The summed E-state index contributed by atoms with van der Waals surface area (Å²) in [6, 6.07) is 14.6. The molecule has 1 heterocycles. The smallest absolute Gasteiger partial charge is 0.235 e. The quantitative estimate of drug-likeness (QED) is 0.677. The molecule has 0 saturated heterocycles. The van der Waals surface area contributed by atoms with Gasteiger partial charge in [0.1, 0.15) is 28.9 Å². The van der Waals surface area contributed by atoms with Crippen molar-refractivity contribution in [1.82, 2.24) is 4.90 Å². The second kappa shape index (κ2) is 7.19. The van der Waals surface area contributed by atoms with Crippen molar-refractivity contribution in [2.75, 3.05) is 21.2 Å². The largest absolute Gasteiger partial charge is 0.508 e. The Kier molecular flexibility index (Phi) is 4.81. The highest BCUT2D eigenvalue weighted by molar-refractivity contribution is 5.61. The van der Waals surface area contributed by atoms with E-state index in [-0.39, 0.29) is 17.6 Å². The van der Waals surface area contributed by atoms with Gasteiger partial charge in [-0.05, 0) is 23.8 Å². The molecule has 1 N–H and O–H groups in total. The number of hydrogen-bond acceptors (Lipinski definition) is 5. The first-order chi connectivity index (χ1) is 12.5. The fourth-order valence-electron chi connectivity index (χ4n) is 2.81. The number of benzene rings is 2. The summed E-state index contributed by atoms with van der Waals surface area (Å²) >= 11 is 0. The van der Waals surface area contributed by atoms with Crippen molar-refractivity contribution >= 4 is 6.34 Å². The van der Waals surface area contributed by atoms with E-state index >= 15 is 0 Å². The van der Waals surface area contributed by atoms with E-state index in [9.17, 15) is 10.4 Å². The molecule has 6 heteroatoms. The first kappa shape index (κ1) is 17.4. The summed E-state index contributed by atoms with van der Waals surface area (Å²) in [5.74, 6) is 1.19. The average molecular weight is 349 g/mol. The molecule has 0 spiro atoms. The summed E-state index contributed by atoms with van der Waals surface area (Å²) in [7, 11) is 5.27. The number of hydrogen-bond donors (Lipinski definition) is 1. The Labute approximate surface area is 152 Å². The highest BCUT2D eigenvalue weighted by Gasteiger charge is 2.31. The Bertz CT molecular complexity index is 909. The molecule has 26 heavy (non-hydrogen) atoms. The van der Waals surface area contributed by atoms with Gasteiger partial charge in [0.05, 0.1) is 19.4 Å². The van der Waals surface area contributed by atoms with Crippen molar-refractivity contribution in [1.29, 1.82) is 5.26 Å². The van der Waals surface area contributed by atoms with Crippen molar-refractivity contribution in [3.8, 4) is 23.3 Å². The fraction of sp³-hybridized carbons (Fsp3) is 0.200. The van der Waals surface area contributed by atoms with E-state index in [2.05, 4.69) is 11.1 Å². The number of aliphatic imine (C=N–C) groups is 1. The van der Waals surface area contributed by atoms with E-state index in [1.807, 2.05) is 38.4 Å². The van der Waals surface area contributed by atoms with E-state index in [1.54, 1.807) is 30.5 Å². The first-order valence-corrected chi connectivity index (χ1v) is 8.03. The number of nitriles is 1. The second-order valence-corrected chi connectivity index (χ2v) is 6.07. The maximum atomic E-state index is 9.82. The van der Waals surface area contributed by atoms with Crippen molar-refractivity contribution < 1.29 is 14.6 Å². The molecule has 0 radical (unpaired) electrons. The highest BCUT2D eigenvalue weighted by Crippen LogP contribution is 2.44. The van der Waals surface area contributed by atoms with Gasteiger partial charge in [0.25, 0.3) is 0 Å². The first-order valence-electron chi connectivity index (χ1n) is 8.03. The standard InChI is InChI=1S/C20H19N3O3/c1-23(2)12-22-20-17(11-21)19(13-4-7-15(25-3)8-5-13)16-9-6-14(24)10-18(16)26-20/h4-10,12,19,24H,1-3H3. The van der Waals surface area contributed by atoms with Crippen LogP contribution in [0.3, 0.4) is 0 Å². The van der Waals surface area contributed by atoms with Crippen LogP contribution in [-0.2, 0) is 0 Å². The molecule has 1 aliphatic rings. The molecule has 0 aliphatic carbocycles. The molecule has 0 fully saturated rings. The van der Waals surface area contributed by atoms with Crippen molar-refractivity contribution in [2.24, 2.45) is 4.99 Å². The highest BCUT2D eigenvalue weighted by atomic mass is 16.5. The zero-order valence-electron chi connectivity index (χ0n) is 14.8. The topological polar surface area (TPSA) is 78.1 Å². The van der Waals surface area contributed by atoms with E-state index in [0.29, 0.717) is 11.3 Å². The Morgan fingerprint density at radius 2 is 1.96 bits per heavy atom. The predicted octanol–water partition coefficient (Wildman–Crippen LogP) is 3.25. The number of ether oxygens (including phenoxy) is 2. The molecule has 6 nitrogen and oxygen atoms in total. The third kappa shape index (κ3) is 3.33. The minimum absolute atomic E-state index is 0.0913. The number of nitrogens with zero attached hydrogens (tertiary/aromatic N) is 3. The molecule has 0 bridgehead atoms. The minimum Gasteiger partial charge on any atom is -0.508 e. The summed E-state index contributed by atoms with van der Waals surface area (Å²) in [6.07, 6.45) is 1.57. The molecular weight excluding hydrogens is 330 g/mol. The summed E-state index contributed by atoms with van der Waals surface area (Å²) in [6.45, 7) is 0. The van der Waals surface area contributed by atoms with Gasteiger partial charge in [-0.2, -0.15) is 5.26 Å². The Morgan fingerprint density at radius 1 is 1.23 bits per heavy atom. The van der Waals surface area contributed by atoms with Gasteiger partial charge >= 0.3 is 0 Å². The van der Waals surface area contributed by atoms with Crippen LogP contribution < -0.4 is 9.47 Å². The van der Waals surface area contributed by atoms with Crippen molar-refractivity contribution in [3.05, 3.63) is 65.0 Å². The lowest BCUT2D eigenvalue weighted by atomic mass is 9.83. The van der Waals surface area contributed by atoms with E-state index in [1.165, 1.54) is 6.07 Å². The maximum absolute atomic E-state index is 9.82. The van der Waals surface area contributed by atoms with Crippen LogP contribution in [0.2, 0.25) is 0 Å². The molecule has 1 atom stereocenters. The van der Waals surface area contributed by atoms with Gasteiger partial charge < -0.3 is 19.5 Å². The van der Waals surface area contributed by atoms with Crippen LogP contribution >= 0.6 is 0 Å². The molecule has 3 rings (SSSR count). The number of phenols is 1. The lowest BCUT2D eigenvalue weighted by molar-refractivity contribution is 0.388. The van der Waals surface area contributed by atoms with Gasteiger partial charge in [0.2, 0.25) is 5.88 Å². The zero-order valence-corrected chi connectivity index (χ0v) is 14.8. The van der Waals surface area contributed by atoms with Crippen molar-refractivity contribution in [3.63, 3.8) is 0 Å². The normalized spacial score (nSPS) is 16.0. The summed E-state index contributed by atoms with van der Waals surface area (Å²) in [5.41, 5.74) is 2.12. The molecular formula is C20H19N3O3. The third-order valence-corrected chi connectivity index (χ3v) is 4.01. The van der Waals surface area contributed by atoms with Gasteiger partial charge in [-0.25, -0.2) is 4.99 Å². The number of aromatic hydroxyl groups is 1. The summed E-state index contributed by atoms with van der Waals surface area (Å²) < 4.78 is 11.0. The van der Waals surface area contributed by atoms with Gasteiger partial charge in [-0.1, -0.05) is 18.2 Å². The van der Waals surface area contributed by atoms with Crippen LogP contribution in [0.5, 0.6) is 17.2 Å². The van der Waals surface area contributed by atoms with E-state index in [4.69, 9.17) is 9.47 Å². The van der Waals surface area contributed by atoms with Crippen LogP contribution in [0, 0.1) is 11.3 Å². The van der Waals surface area contributed by atoms with Crippen LogP contribution in [0.25, 0.3) is 0 Å². The minimum atomic E-state index is -0.343. The summed E-state index contributed by atoms with van der Waals surface area (Å²) in [4.78, 5) is 6.06. The molecule has 0 amide bonds. The van der Waals surface area contributed by atoms with Gasteiger partial charge in [-0.3, -0.25) is 0 Å². The molecule has 1 unspecified atom stereocenters. The summed E-state index contributed by atoms with van der Waals surface area (Å²) in [5, 5.41) is 19.6. The van der Waals surface area contributed by atoms with Gasteiger partial charge in [0, 0.05) is 25.7 Å². The van der Waals surface area contributed by atoms with E-state index in [0.717, 1.165) is 16.9 Å². The van der Waals surface area contributed by atoms with E-state index < -0.39 is 0 Å². The lowest BCUT2D eigenvalue weighted by Crippen LogP contribution is -2.17. The SMILES string of the molecule is COc1ccc(C2C(C#N)=C(N=CN(C)C)Oc3cc(O)ccc32)cc1. The number of methoxy groups -OCH3 is 1. The Balaban J connectivity index is 2.17. The van der Waals surface area contributed by atoms with Crippen LogP contribution in [0.1, 0.15) is 17.0 Å². The molecule has 2 aromatic rings. The number of allylic oxidation sites excluding steroid dienone is 1. The molecule has 0 aromatic heterocycles. The molecule has 2 aromatic carbocycles. The average Bonchev–Trinajstić information content (AvgIpc) is 2.65. The fourth-order valence-corrected chi connectivity index (χ4v) is 2.81. The van der Waals surface area contributed by atoms with Gasteiger partial charge in [-0.15, -0.1) is 0 Å². The second-order valence-electron chi connectivity index (χ2n) is 6.07. The lowest BCUT2D eigenvalue weighted by Gasteiger charge is -2.26. The predicted molar refractivity (Wildman–Crippen MR) is 98.4 cm³/mol. The maximum Gasteiger partial charge on any atom is 0.235 e. The number of phenolic OH excluding ortho intramolecular Hbond substituents is 1. The number of fused-ring (bicyclic) bond motifs is 1. The Hall–Kier alpha value is -3.46. The zero-order chi connectivity index (χ0) is 18.7. The molecule has 1 aliphatic heterocycles. The van der Waals surface area contributed by atoms with Gasteiger partial charge in [0.15, 0.2) is 0 Å².